The minimum atomic E-state index is -0.874. The number of anilines is 1. The summed E-state index contributed by atoms with van der Waals surface area (Å²) in [4.78, 5) is 50.2. The second-order valence-corrected chi connectivity index (χ2v) is 10.2. The summed E-state index contributed by atoms with van der Waals surface area (Å²) in [6.45, 7) is -0.0652. The van der Waals surface area contributed by atoms with Gasteiger partial charge in [-0.25, -0.2) is 0 Å². The van der Waals surface area contributed by atoms with Crippen molar-refractivity contribution >= 4 is 40.1 Å². The van der Waals surface area contributed by atoms with Crippen LogP contribution in [0, 0.1) is 11.3 Å². The third-order valence-corrected chi connectivity index (χ3v) is 7.22. The maximum Gasteiger partial charge on any atom is 0.309 e. The molecule has 43 heavy (non-hydrogen) atoms. The van der Waals surface area contributed by atoms with Crippen LogP contribution in [0.1, 0.15) is 39.9 Å². The van der Waals surface area contributed by atoms with Gasteiger partial charge in [0, 0.05) is 30.4 Å². The highest BCUT2D eigenvalue weighted by atomic mass is 16.2. The average molecular weight is 572 g/mol. The molecular formula is C34H29N5O4. The van der Waals surface area contributed by atoms with Gasteiger partial charge < -0.3 is 21.3 Å². The third-order valence-electron chi connectivity index (χ3n) is 7.22. The Morgan fingerprint density at radius 1 is 0.837 bits per heavy atom. The summed E-state index contributed by atoms with van der Waals surface area (Å²) >= 11 is 0. The molecular weight excluding hydrogens is 542 g/mol. The second-order valence-electron chi connectivity index (χ2n) is 10.2. The van der Waals surface area contributed by atoms with Gasteiger partial charge >= 0.3 is 11.8 Å². The van der Waals surface area contributed by atoms with Crippen LogP contribution in [0.5, 0.6) is 0 Å². The fourth-order valence-corrected chi connectivity index (χ4v) is 4.91. The number of nitrogens with zero attached hydrogens (tertiary/aromatic N) is 1. The highest BCUT2D eigenvalue weighted by Gasteiger charge is 2.46. The summed E-state index contributed by atoms with van der Waals surface area (Å²) in [5.41, 5.74) is 2.51. The average Bonchev–Trinajstić information content (AvgIpc) is 3.81. The molecule has 0 heterocycles. The molecule has 0 bridgehead atoms. The van der Waals surface area contributed by atoms with Crippen molar-refractivity contribution < 1.29 is 19.2 Å². The lowest BCUT2D eigenvalue weighted by Gasteiger charge is -2.21. The zero-order valence-electron chi connectivity index (χ0n) is 23.2. The molecule has 0 unspecified atom stereocenters. The van der Waals surface area contributed by atoms with Crippen molar-refractivity contribution in [1.82, 2.24) is 16.0 Å². The van der Waals surface area contributed by atoms with Crippen LogP contribution in [-0.2, 0) is 26.5 Å². The molecule has 4 aromatic carbocycles. The van der Waals surface area contributed by atoms with E-state index in [0.717, 1.165) is 29.2 Å². The van der Waals surface area contributed by atoms with Gasteiger partial charge in [-0.2, -0.15) is 5.26 Å². The minimum Gasteiger partial charge on any atom is -0.344 e. The van der Waals surface area contributed by atoms with Crippen molar-refractivity contribution in [2.24, 2.45) is 0 Å². The normalized spacial score (nSPS) is 13.1. The first-order chi connectivity index (χ1) is 20.9. The Balaban J connectivity index is 1.13. The van der Waals surface area contributed by atoms with E-state index in [9.17, 15) is 19.2 Å². The van der Waals surface area contributed by atoms with Crippen LogP contribution in [-0.4, -0.2) is 30.2 Å². The van der Waals surface area contributed by atoms with E-state index in [1.54, 1.807) is 42.5 Å². The number of carbonyl (C=O) groups is 4. The molecule has 0 radical (unpaired) electrons. The molecule has 0 aromatic heterocycles. The first-order valence-electron chi connectivity index (χ1n) is 13.8. The van der Waals surface area contributed by atoms with E-state index in [2.05, 4.69) is 45.5 Å². The van der Waals surface area contributed by atoms with Gasteiger partial charge in [-0.15, -0.1) is 0 Å². The van der Waals surface area contributed by atoms with Crippen LogP contribution in [0.15, 0.2) is 103 Å². The predicted molar refractivity (Wildman–Crippen MR) is 163 cm³/mol. The summed E-state index contributed by atoms with van der Waals surface area (Å²) in [5.74, 6) is -2.43. The van der Waals surface area contributed by atoms with E-state index in [1.807, 2.05) is 24.3 Å². The lowest BCUT2D eigenvalue weighted by Crippen LogP contribution is -2.40. The standard InChI is InChI=1S/C34H29N5O4/c35-21-23-8-5-12-26(20-23)38-30(40)16-7-19-36-32(42)33(43)37-22-25-10-2-4-14-28(25)31(41)39-34(17-18-34)29-15-6-11-24-9-1-3-13-27(24)29/h1-16,20H,17-19,22H2,(H,36,42)(H,37,43)(H,38,40)(H,39,41)/b16-7+. The molecule has 1 fully saturated rings. The lowest BCUT2D eigenvalue weighted by molar-refractivity contribution is -0.139. The van der Waals surface area contributed by atoms with Crippen LogP contribution >= 0.6 is 0 Å². The zero-order valence-corrected chi connectivity index (χ0v) is 23.2. The van der Waals surface area contributed by atoms with Gasteiger partial charge in [-0.05, 0) is 59.0 Å². The number of hydrogen-bond donors (Lipinski definition) is 4. The molecule has 214 valence electrons. The van der Waals surface area contributed by atoms with E-state index >= 15 is 0 Å². The minimum absolute atomic E-state index is 0.0167. The number of nitriles is 1. The quantitative estimate of drug-likeness (QED) is 0.177. The Morgan fingerprint density at radius 2 is 1.56 bits per heavy atom. The van der Waals surface area contributed by atoms with E-state index in [0.29, 0.717) is 22.4 Å². The van der Waals surface area contributed by atoms with Crippen molar-refractivity contribution in [3.05, 3.63) is 125 Å². The molecule has 4 amide bonds. The Hall–Kier alpha value is -5.75. The van der Waals surface area contributed by atoms with E-state index in [1.165, 1.54) is 18.2 Å². The third kappa shape index (κ3) is 6.94. The van der Waals surface area contributed by atoms with Gasteiger partial charge in [-0.3, -0.25) is 19.2 Å². The van der Waals surface area contributed by atoms with E-state index in [4.69, 9.17) is 5.26 Å². The molecule has 9 nitrogen and oxygen atoms in total. The Labute approximate surface area is 248 Å². The SMILES string of the molecule is N#Cc1cccc(NC(=O)/C=C/CNC(=O)C(=O)NCc2ccccc2C(=O)NC2(c3cccc4ccccc34)CC2)c1. The highest BCUT2D eigenvalue weighted by molar-refractivity contribution is 6.35. The van der Waals surface area contributed by atoms with Crippen LogP contribution < -0.4 is 21.3 Å². The van der Waals surface area contributed by atoms with Gasteiger partial charge in [0.05, 0.1) is 17.2 Å². The van der Waals surface area contributed by atoms with Crippen molar-refractivity contribution in [2.45, 2.75) is 24.9 Å². The molecule has 1 aliphatic rings. The Bertz CT molecular complexity index is 1780. The number of nitrogens with one attached hydrogen (secondary N) is 4. The molecule has 5 rings (SSSR count). The lowest BCUT2D eigenvalue weighted by atomic mass is 9.96. The first kappa shape index (κ1) is 28.8. The summed E-state index contributed by atoms with van der Waals surface area (Å²) in [5, 5.41) is 22.0. The van der Waals surface area contributed by atoms with Crippen molar-refractivity contribution in [1.29, 1.82) is 5.26 Å². The smallest absolute Gasteiger partial charge is 0.309 e. The number of amides is 4. The van der Waals surface area contributed by atoms with Gasteiger partial charge in [0.2, 0.25) is 5.91 Å². The molecule has 1 saturated carbocycles. The van der Waals surface area contributed by atoms with Crippen LogP contribution in [0.3, 0.4) is 0 Å². The molecule has 0 atom stereocenters. The number of carbonyl (C=O) groups excluding carboxylic acids is 4. The molecule has 4 N–H and O–H groups in total. The maximum atomic E-state index is 13.4. The predicted octanol–water partition coefficient (Wildman–Crippen LogP) is 4.06. The largest absolute Gasteiger partial charge is 0.344 e. The van der Waals surface area contributed by atoms with Crippen LogP contribution in [0.4, 0.5) is 5.69 Å². The number of rotatable bonds is 9. The molecule has 0 saturated heterocycles. The fourth-order valence-electron chi connectivity index (χ4n) is 4.91. The summed E-state index contributed by atoms with van der Waals surface area (Å²) in [6.07, 6.45) is 4.28. The van der Waals surface area contributed by atoms with Crippen LogP contribution in [0.2, 0.25) is 0 Å². The van der Waals surface area contributed by atoms with Gasteiger partial charge in [0.15, 0.2) is 0 Å². The molecule has 9 heteroatoms. The Kier molecular flexibility index (Phi) is 8.58. The molecule has 0 aliphatic heterocycles. The summed E-state index contributed by atoms with van der Waals surface area (Å²) < 4.78 is 0. The fraction of sp³-hybridized carbons (Fsp3) is 0.147. The highest BCUT2D eigenvalue weighted by Crippen LogP contribution is 2.48. The van der Waals surface area contributed by atoms with Crippen molar-refractivity contribution in [2.75, 3.05) is 11.9 Å². The van der Waals surface area contributed by atoms with Gasteiger partial charge in [0.1, 0.15) is 0 Å². The van der Waals surface area contributed by atoms with Gasteiger partial charge in [0.25, 0.3) is 5.91 Å². The van der Waals surface area contributed by atoms with Crippen molar-refractivity contribution in [3.8, 4) is 6.07 Å². The zero-order chi connectivity index (χ0) is 30.2. The number of fused-ring (bicyclic) bond motifs is 1. The monoisotopic (exact) mass is 571 g/mol. The van der Waals surface area contributed by atoms with E-state index in [-0.39, 0.29) is 19.0 Å². The maximum absolute atomic E-state index is 13.4. The number of hydrogen-bond acceptors (Lipinski definition) is 5. The topological polar surface area (TPSA) is 140 Å². The van der Waals surface area contributed by atoms with E-state index < -0.39 is 23.3 Å². The second kappa shape index (κ2) is 12.8. The van der Waals surface area contributed by atoms with Gasteiger partial charge in [-0.1, -0.05) is 72.8 Å². The Morgan fingerprint density at radius 3 is 2.37 bits per heavy atom. The summed E-state index contributed by atoms with van der Waals surface area (Å²) in [7, 11) is 0. The number of benzene rings is 4. The first-order valence-corrected chi connectivity index (χ1v) is 13.8. The summed E-state index contributed by atoms with van der Waals surface area (Å²) in [6, 6.07) is 29.6. The molecule has 1 aliphatic carbocycles. The van der Waals surface area contributed by atoms with Crippen LogP contribution in [0.25, 0.3) is 10.8 Å². The molecule has 0 spiro atoms. The molecule has 4 aromatic rings. The van der Waals surface area contributed by atoms with Crippen molar-refractivity contribution in [3.63, 3.8) is 0 Å².